The van der Waals surface area contributed by atoms with Crippen molar-refractivity contribution in [1.82, 2.24) is 19.9 Å². The largest absolute Gasteiger partial charge is 0.383 e. The number of carbonyl (C=O) groups is 1. The van der Waals surface area contributed by atoms with Crippen molar-refractivity contribution in [1.29, 1.82) is 0 Å². The second kappa shape index (κ2) is 6.11. The Balaban J connectivity index is 2.22. The van der Waals surface area contributed by atoms with Gasteiger partial charge >= 0.3 is 0 Å². The Morgan fingerprint density at radius 3 is 2.81 bits per heavy atom. The molecular weight excluding hydrogens is 266 g/mol. The Morgan fingerprint density at radius 2 is 2.14 bits per heavy atom. The summed E-state index contributed by atoms with van der Waals surface area (Å²) in [6.07, 6.45) is 2.82. The lowest BCUT2D eigenvalue weighted by molar-refractivity contribution is -0.121. The number of rotatable bonds is 5. The molecule has 0 aliphatic carbocycles. The Bertz CT molecular complexity index is 662. The summed E-state index contributed by atoms with van der Waals surface area (Å²) in [7, 11) is 0. The number of hydrogen-bond acceptors (Lipinski definition) is 4. The van der Waals surface area contributed by atoms with Gasteiger partial charge in [0.2, 0.25) is 5.91 Å². The highest BCUT2D eigenvalue weighted by atomic mass is 16.1. The van der Waals surface area contributed by atoms with Crippen LogP contribution in [0.1, 0.15) is 37.9 Å². The van der Waals surface area contributed by atoms with E-state index in [2.05, 4.69) is 22.2 Å². The van der Waals surface area contributed by atoms with Crippen LogP contribution in [0, 0.1) is 13.8 Å². The molecule has 0 spiro atoms. The summed E-state index contributed by atoms with van der Waals surface area (Å²) in [5, 5.41) is 3.86. The highest BCUT2D eigenvalue weighted by molar-refractivity contribution is 5.90. The Kier molecular flexibility index (Phi) is 4.45. The number of nitrogen functional groups attached to an aromatic ring is 1. The van der Waals surface area contributed by atoms with Gasteiger partial charge in [-0.25, -0.2) is 9.97 Å². The monoisotopic (exact) mass is 289 g/mol. The topological polar surface area (TPSA) is 85.8 Å². The van der Waals surface area contributed by atoms with Crippen LogP contribution in [0.25, 0.3) is 11.0 Å². The van der Waals surface area contributed by atoms with Crippen LogP contribution in [0.2, 0.25) is 0 Å². The van der Waals surface area contributed by atoms with Gasteiger partial charge in [-0.1, -0.05) is 6.92 Å². The third kappa shape index (κ3) is 2.99. The van der Waals surface area contributed by atoms with Crippen LogP contribution >= 0.6 is 0 Å². The van der Waals surface area contributed by atoms with Crippen LogP contribution in [-0.2, 0) is 11.3 Å². The molecule has 0 saturated heterocycles. The quantitative estimate of drug-likeness (QED) is 0.880. The maximum Gasteiger partial charge on any atom is 0.221 e. The smallest absolute Gasteiger partial charge is 0.221 e. The molecule has 2 aromatic rings. The predicted octanol–water partition coefficient (Wildman–Crippen LogP) is 1.94. The van der Waals surface area contributed by atoms with Gasteiger partial charge in [0.15, 0.2) is 0 Å². The lowest BCUT2D eigenvalue weighted by Gasteiger charge is -2.12. The molecule has 1 unspecified atom stereocenters. The van der Waals surface area contributed by atoms with E-state index in [1.165, 1.54) is 6.33 Å². The number of carbonyl (C=O) groups excluding carboxylic acids is 1. The van der Waals surface area contributed by atoms with E-state index >= 15 is 0 Å². The van der Waals surface area contributed by atoms with Gasteiger partial charge in [-0.2, -0.15) is 0 Å². The summed E-state index contributed by atoms with van der Waals surface area (Å²) in [5.41, 5.74) is 8.89. The average Bonchev–Trinajstić information content (AvgIpc) is 2.70. The predicted molar refractivity (Wildman–Crippen MR) is 83.9 cm³/mol. The van der Waals surface area contributed by atoms with Gasteiger partial charge in [-0.05, 0) is 32.8 Å². The van der Waals surface area contributed by atoms with Crippen molar-refractivity contribution < 1.29 is 4.79 Å². The second-order valence-electron chi connectivity index (χ2n) is 5.45. The summed E-state index contributed by atoms with van der Waals surface area (Å²) in [5.74, 6) is 0.550. The number of amides is 1. The molecule has 114 valence electrons. The normalized spacial score (nSPS) is 12.6. The van der Waals surface area contributed by atoms with E-state index in [0.29, 0.717) is 18.8 Å². The molecule has 0 bridgehead atoms. The van der Waals surface area contributed by atoms with Crippen LogP contribution < -0.4 is 11.1 Å². The minimum Gasteiger partial charge on any atom is -0.383 e. The molecule has 0 aliphatic rings. The number of fused-ring (bicyclic) bond motifs is 1. The molecule has 1 atom stereocenters. The van der Waals surface area contributed by atoms with E-state index < -0.39 is 0 Å². The number of hydrogen-bond donors (Lipinski definition) is 2. The molecular formula is C15H23N5O. The molecule has 2 heterocycles. The molecule has 0 aromatic carbocycles. The van der Waals surface area contributed by atoms with Crippen LogP contribution in [0.3, 0.4) is 0 Å². The fourth-order valence-electron chi connectivity index (χ4n) is 2.43. The highest BCUT2D eigenvalue weighted by Crippen LogP contribution is 2.26. The summed E-state index contributed by atoms with van der Waals surface area (Å²) >= 11 is 0. The third-order valence-electron chi connectivity index (χ3n) is 4.02. The first-order valence-corrected chi connectivity index (χ1v) is 7.30. The lowest BCUT2D eigenvalue weighted by Crippen LogP contribution is -2.32. The first-order chi connectivity index (χ1) is 9.95. The van der Waals surface area contributed by atoms with Crippen LogP contribution in [0.15, 0.2) is 6.33 Å². The molecule has 6 nitrogen and oxygen atoms in total. The summed E-state index contributed by atoms with van der Waals surface area (Å²) in [6, 6.07) is 0.208. The number of aryl methyl sites for hydroxylation is 2. The minimum atomic E-state index is 0.0604. The van der Waals surface area contributed by atoms with Crippen LogP contribution in [0.4, 0.5) is 5.82 Å². The van der Waals surface area contributed by atoms with E-state index in [9.17, 15) is 4.79 Å². The lowest BCUT2D eigenvalue weighted by atomic mass is 10.2. The van der Waals surface area contributed by atoms with Gasteiger partial charge in [0.1, 0.15) is 17.8 Å². The number of aromatic nitrogens is 3. The SMILES string of the molecule is CCC(C)NC(=O)CCn1c(C)c(C)c2c(N)ncnc21. The molecule has 21 heavy (non-hydrogen) atoms. The minimum absolute atomic E-state index is 0.0604. The fourth-order valence-corrected chi connectivity index (χ4v) is 2.43. The summed E-state index contributed by atoms with van der Waals surface area (Å²) in [4.78, 5) is 20.3. The van der Waals surface area contributed by atoms with Crippen molar-refractivity contribution >= 4 is 22.8 Å². The van der Waals surface area contributed by atoms with Gasteiger partial charge < -0.3 is 15.6 Å². The molecule has 0 radical (unpaired) electrons. The number of nitrogens with zero attached hydrogens (tertiary/aromatic N) is 3. The van der Waals surface area contributed by atoms with Crippen molar-refractivity contribution in [2.24, 2.45) is 0 Å². The molecule has 0 aliphatic heterocycles. The Morgan fingerprint density at radius 1 is 1.43 bits per heavy atom. The Hall–Kier alpha value is -2.11. The summed E-state index contributed by atoms with van der Waals surface area (Å²) in [6.45, 7) is 8.68. The van der Waals surface area contributed by atoms with Crippen LogP contribution in [-0.4, -0.2) is 26.5 Å². The van der Waals surface area contributed by atoms with Gasteiger partial charge in [-0.15, -0.1) is 0 Å². The molecule has 1 amide bonds. The zero-order valence-electron chi connectivity index (χ0n) is 13.1. The van der Waals surface area contributed by atoms with Crippen molar-refractivity contribution in [3.8, 4) is 0 Å². The average molecular weight is 289 g/mol. The molecule has 2 aromatic heterocycles. The van der Waals surface area contributed by atoms with Crippen molar-refractivity contribution in [2.45, 2.75) is 53.1 Å². The maximum absolute atomic E-state index is 11.9. The molecule has 0 saturated carbocycles. The van der Waals surface area contributed by atoms with E-state index in [1.807, 2.05) is 25.3 Å². The van der Waals surface area contributed by atoms with E-state index in [-0.39, 0.29) is 11.9 Å². The van der Waals surface area contributed by atoms with Gasteiger partial charge in [-0.3, -0.25) is 4.79 Å². The van der Waals surface area contributed by atoms with Crippen molar-refractivity contribution in [3.63, 3.8) is 0 Å². The maximum atomic E-state index is 11.9. The molecule has 2 rings (SSSR count). The zero-order valence-corrected chi connectivity index (χ0v) is 13.1. The standard InChI is InChI=1S/C15H23N5O/c1-5-9(2)19-12(21)6-7-20-11(4)10(3)13-14(16)17-8-18-15(13)20/h8-9H,5-7H2,1-4H3,(H,19,21)(H2,16,17,18). The van der Waals surface area contributed by atoms with Gasteiger partial charge in [0.05, 0.1) is 5.39 Å². The van der Waals surface area contributed by atoms with Crippen LogP contribution in [0.5, 0.6) is 0 Å². The number of anilines is 1. The molecule has 6 heteroatoms. The first kappa shape index (κ1) is 15.3. The second-order valence-corrected chi connectivity index (χ2v) is 5.45. The van der Waals surface area contributed by atoms with E-state index in [1.54, 1.807) is 0 Å². The zero-order chi connectivity index (χ0) is 15.6. The Labute approximate surface area is 124 Å². The van der Waals surface area contributed by atoms with E-state index in [4.69, 9.17) is 5.73 Å². The van der Waals surface area contributed by atoms with Gasteiger partial charge in [0, 0.05) is 24.7 Å². The van der Waals surface area contributed by atoms with E-state index in [0.717, 1.165) is 28.7 Å². The summed E-state index contributed by atoms with van der Waals surface area (Å²) < 4.78 is 2.04. The van der Waals surface area contributed by atoms with Crippen molar-refractivity contribution in [2.75, 3.05) is 5.73 Å². The number of nitrogens with two attached hydrogens (primary N) is 1. The van der Waals surface area contributed by atoms with Crippen molar-refractivity contribution in [3.05, 3.63) is 17.6 Å². The highest BCUT2D eigenvalue weighted by Gasteiger charge is 2.16. The molecule has 3 N–H and O–H groups in total. The first-order valence-electron chi connectivity index (χ1n) is 7.30. The fraction of sp³-hybridized carbons (Fsp3) is 0.533. The van der Waals surface area contributed by atoms with Gasteiger partial charge in [0.25, 0.3) is 0 Å². The third-order valence-corrected chi connectivity index (χ3v) is 4.02. The number of nitrogens with one attached hydrogen (secondary N) is 1. The molecule has 0 fully saturated rings.